The molecule has 0 bridgehead atoms. The molecule has 2 rings (SSSR count). The molecule has 0 radical (unpaired) electrons. The molecule has 1 saturated heterocycles. The summed E-state index contributed by atoms with van der Waals surface area (Å²) in [5.74, 6) is 0.0141. The van der Waals surface area contributed by atoms with E-state index in [4.69, 9.17) is 5.11 Å². The van der Waals surface area contributed by atoms with Crippen molar-refractivity contribution in [1.29, 1.82) is 0 Å². The number of carboxylic acid groups (broad SMARTS) is 1. The summed E-state index contributed by atoms with van der Waals surface area (Å²) in [5.41, 5.74) is 1.51. The molecule has 3 nitrogen and oxygen atoms in total. The minimum Gasteiger partial charge on any atom is -0.478 e. The van der Waals surface area contributed by atoms with Crippen LogP contribution >= 0.6 is 0 Å². The third kappa shape index (κ3) is 3.57. The molecule has 0 spiro atoms. The maximum absolute atomic E-state index is 10.9. The van der Waals surface area contributed by atoms with Gasteiger partial charge in [0.15, 0.2) is 0 Å². The van der Waals surface area contributed by atoms with Crippen LogP contribution in [0.4, 0.5) is 0 Å². The lowest BCUT2D eigenvalue weighted by molar-refractivity contribution is 0.0696. The Labute approximate surface area is 108 Å². The molecule has 1 aliphatic rings. The van der Waals surface area contributed by atoms with Crippen molar-refractivity contribution >= 4 is 5.97 Å². The topological polar surface area (TPSA) is 40.5 Å². The number of aromatic carboxylic acids is 1. The molecule has 0 amide bonds. The van der Waals surface area contributed by atoms with Gasteiger partial charge in [-0.25, -0.2) is 4.79 Å². The summed E-state index contributed by atoms with van der Waals surface area (Å²) in [4.78, 5) is 13.4. The van der Waals surface area contributed by atoms with Crippen molar-refractivity contribution in [2.75, 3.05) is 19.6 Å². The van der Waals surface area contributed by atoms with Crippen LogP contribution in [0.25, 0.3) is 0 Å². The highest BCUT2D eigenvalue weighted by Crippen LogP contribution is 2.16. The minimum atomic E-state index is -0.844. The van der Waals surface area contributed by atoms with E-state index in [1.54, 1.807) is 12.1 Å². The zero-order valence-corrected chi connectivity index (χ0v) is 10.9. The third-order valence-electron chi connectivity index (χ3n) is 3.77. The fraction of sp³-hybridized carbons (Fsp3) is 0.533. The van der Waals surface area contributed by atoms with Crippen molar-refractivity contribution in [3.8, 4) is 0 Å². The van der Waals surface area contributed by atoms with Gasteiger partial charge in [-0.3, -0.25) is 0 Å². The Morgan fingerprint density at radius 2 is 2.11 bits per heavy atom. The Bertz CT molecular complexity index is 409. The molecule has 98 valence electrons. The summed E-state index contributed by atoms with van der Waals surface area (Å²) in [6, 6.07) is 7.28. The predicted molar refractivity (Wildman–Crippen MR) is 71.9 cm³/mol. The summed E-state index contributed by atoms with van der Waals surface area (Å²) in [5, 5.41) is 8.94. The first-order valence-corrected chi connectivity index (χ1v) is 6.70. The lowest BCUT2D eigenvalue weighted by Crippen LogP contribution is -2.34. The SMILES string of the molecule is CC1CCN(CCc2cccc(C(=O)O)c2)CC1. The standard InChI is InChI=1S/C15H21NO2/c1-12-5-8-16(9-6-12)10-7-13-3-2-4-14(11-13)15(17)18/h2-4,11-12H,5-10H2,1H3,(H,17,18). The third-order valence-corrected chi connectivity index (χ3v) is 3.77. The van der Waals surface area contributed by atoms with Gasteiger partial charge in [-0.15, -0.1) is 0 Å². The Morgan fingerprint density at radius 3 is 2.78 bits per heavy atom. The normalized spacial score (nSPS) is 17.8. The molecule has 0 aliphatic carbocycles. The molecule has 1 aromatic carbocycles. The van der Waals surface area contributed by atoms with Gasteiger partial charge >= 0.3 is 5.97 Å². The summed E-state index contributed by atoms with van der Waals surface area (Å²) >= 11 is 0. The number of likely N-dealkylation sites (tertiary alicyclic amines) is 1. The number of benzene rings is 1. The quantitative estimate of drug-likeness (QED) is 0.889. The second-order valence-corrected chi connectivity index (χ2v) is 5.28. The smallest absolute Gasteiger partial charge is 0.335 e. The van der Waals surface area contributed by atoms with Crippen molar-refractivity contribution in [1.82, 2.24) is 4.90 Å². The molecular weight excluding hydrogens is 226 g/mol. The largest absolute Gasteiger partial charge is 0.478 e. The summed E-state index contributed by atoms with van der Waals surface area (Å²) in [6.45, 7) is 5.71. The fourth-order valence-electron chi connectivity index (χ4n) is 2.43. The van der Waals surface area contributed by atoms with E-state index in [0.717, 1.165) is 24.4 Å². The van der Waals surface area contributed by atoms with Gasteiger partial charge in [0.05, 0.1) is 5.56 Å². The highest BCUT2D eigenvalue weighted by molar-refractivity contribution is 5.87. The number of carbonyl (C=O) groups is 1. The molecule has 1 heterocycles. The molecule has 1 N–H and O–H groups in total. The lowest BCUT2D eigenvalue weighted by Gasteiger charge is -2.30. The summed E-state index contributed by atoms with van der Waals surface area (Å²) in [7, 11) is 0. The Balaban J connectivity index is 1.86. The maximum atomic E-state index is 10.9. The van der Waals surface area contributed by atoms with Crippen LogP contribution in [-0.2, 0) is 6.42 Å². The average molecular weight is 247 g/mol. The Kier molecular flexibility index (Phi) is 4.37. The average Bonchev–Trinajstić information content (AvgIpc) is 2.38. The second-order valence-electron chi connectivity index (χ2n) is 5.28. The van der Waals surface area contributed by atoms with Crippen LogP contribution in [0, 0.1) is 5.92 Å². The van der Waals surface area contributed by atoms with Crippen LogP contribution in [0.3, 0.4) is 0 Å². The van der Waals surface area contributed by atoms with Crippen molar-refractivity contribution in [3.05, 3.63) is 35.4 Å². The Morgan fingerprint density at radius 1 is 1.39 bits per heavy atom. The van der Waals surface area contributed by atoms with Crippen molar-refractivity contribution < 1.29 is 9.90 Å². The number of hydrogen-bond acceptors (Lipinski definition) is 2. The second kappa shape index (κ2) is 6.01. The molecule has 1 aromatic rings. The zero-order valence-electron chi connectivity index (χ0n) is 10.9. The summed E-state index contributed by atoms with van der Waals surface area (Å²) in [6.07, 6.45) is 3.51. The van der Waals surface area contributed by atoms with Crippen LogP contribution in [-0.4, -0.2) is 35.6 Å². The van der Waals surface area contributed by atoms with Gasteiger partial charge in [-0.2, -0.15) is 0 Å². The van der Waals surface area contributed by atoms with E-state index in [0.29, 0.717) is 5.56 Å². The fourth-order valence-corrected chi connectivity index (χ4v) is 2.43. The van der Waals surface area contributed by atoms with Gasteiger partial charge in [0.2, 0.25) is 0 Å². The highest BCUT2D eigenvalue weighted by atomic mass is 16.4. The number of nitrogens with zero attached hydrogens (tertiary/aromatic N) is 1. The van der Waals surface area contributed by atoms with E-state index in [1.165, 1.54) is 25.9 Å². The molecule has 0 atom stereocenters. The first-order valence-electron chi connectivity index (χ1n) is 6.70. The van der Waals surface area contributed by atoms with Gasteiger partial charge in [0.1, 0.15) is 0 Å². The highest BCUT2D eigenvalue weighted by Gasteiger charge is 2.15. The molecule has 1 fully saturated rings. The van der Waals surface area contributed by atoms with E-state index in [-0.39, 0.29) is 0 Å². The molecule has 0 aromatic heterocycles. The number of rotatable bonds is 4. The van der Waals surface area contributed by atoms with Crippen molar-refractivity contribution in [2.45, 2.75) is 26.2 Å². The molecular formula is C15H21NO2. The molecule has 0 unspecified atom stereocenters. The first-order chi connectivity index (χ1) is 8.65. The van der Waals surface area contributed by atoms with Crippen LogP contribution in [0.5, 0.6) is 0 Å². The molecule has 1 aliphatic heterocycles. The number of carboxylic acids is 1. The minimum absolute atomic E-state index is 0.389. The van der Waals surface area contributed by atoms with Crippen molar-refractivity contribution in [2.24, 2.45) is 5.92 Å². The first kappa shape index (κ1) is 13.1. The molecule has 18 heavy (non-hydrogen) atoms. The van der Waals surface area contributed by atoms with E-state index in [2.05, 4.69) is 11.8 Å². The van der Waals surface area contributed by atoms with Gasteiger partial charge in [-0.1, -0.05) is 19.1 Å². The predicted octanol–water partition coefficient (Wildman–Crippen LogP) is 2.66. The van der Waals surface area contributed by atoms with Crippen LogP contribution < -0.4 is 0 Å². The van der Waals surface area contributed by atoms with Crippen LogP contribution in [0.2, 0.25) is 0 Å². The van der Waals surface area contributed by atoms with Gasteiger partial charge in [0, 0.05) is 6.54 Å². The van der Waals surface area contributed by atoms with E-state index >= 15 is 0 Å². The van der Waals surface area contributed by atoms with Crippen LogP contribution in [0.1, 0.15) is 35.7 Å². The maximum Gasteiger partial charge on any atom is 0.335 e. The van der Waals surface area contributed by atoms with E-state index < -0.39 is 5.97 Å². The Hall–Kier alpha value is -1.35. The summed E-state index contributed by atoms with van der Waals surface area (Å²) < 4.78 is 0. The van der Waals surface area contributed by atoms with Crippen LogP contribution in [0.15, 0.2) is 24.3 Å². The molecule has 3 heteroatoms. The molecule has 0 saturated carbocycles. The monoisotopic (exact) mass is 247 g/mol. The van der Waals surface area contributed by atoms with E-state index in [1.807, 2.05) is 12.1 Å². The zero-order chi connectivity index (χ0) is 13.0. The number of hydrogen-bond donors (Lipinski definition) is 1. The van der Waals surface area contributed by atoms with Gasteiger partial charge < -0.3 is 10.0 Å². The lowest BCUT2D eigenvalue weighted by atomic mass is 9.99. The number of piperidine rings is 1. The van der Waals surface area contributed by atoms with Gasteiger partial charge in [-0.05, 0) is 56.0 Å². The van der Waals surface area contributed by atoms with E-state index in [9.17, 15) is 4.79 Å². The van der Waals surface area contributed by atoms with Gasteiger partial charge in [0.25, 0.3) is 0 Å². The van der Waals surface area contributed by atoms with Crippen molar-refractivity contribution in [3.63, 3.8) is 0 Å².